The highest BCUT2D eigenvalue weighted by molar-refractivity contribution is 7.71. The Bertz CT molecular complexity index is 1110. The maximum Gasteiger partial charge on any atom is 0.239 e. The van der Waals surface area contributed by atoms with Crippen LogP contribution in [0, 0.1) is 4.77 Å². The van der Waals surface area contributed by atoms with Gasteiger partial charge in [0.1, 0.15) is 5.75 Å². The Hall–Kier alpha value is -3.04. The van der Waals surface area contributed by atoms with Crippen molar-refractivity contribution in [3.63, 3.8) is 0 Å². The molecule has 1 atom stereocenters. The highest BCUT2D eigenvalue weighted by atomic mass is 32.1. The van der Waals surface area contributed by atoms with E-state index in [-0.39, 0.29) is 11.9 Å². The van der Waals surface area contributed by atoms with Crippen LogP contribution in [0.25, 0.3) is 17.1 Å². The molecule has 0 unspecified atom stereocenters. The Morgan fingerprint density at radius 2 is 1.90 bits per heavy atom. The molecule has 1 aliphatic heterocycles. The number of aromatic nitrogens is 4. The molecule has 1 fully saturated rings. The predicted molar refractivity (Wildman–Crippen MR) is 121 cm³/mol. The van der Waals surface area contributed by atoms with Crippen molar-refractivity contribution in [3.05, 3.63) is 53.6 Å². The molecular formula is C22H26N6O2S. The SMILES string of the molecule is COc1ccc(-n2c(-c3ccncc3)nn(CN3CCC[C@H]3C(=O)N(C)C)c2=S)cc1. The number of methoxy groups -OCH3 is 1. The van der Waals surface area contributed by atoms with Gasteiger partial charge in [-0.1, -0.05) is 0 Å². The van der Waals surface area contributed by atoms with Crippen LogP contribution in [0.5, 0.6) is 5.75 Å². The zero-order chi connectivity index (χ0) is 22.0. The van der Waals surface area contributed by atoms with Gasteiger partial charge in [0, 0.05) is 38.6 Å². The molecule has 31 heavy (non-hydrogen) atoms. The number of benzene rings is 1. The first kappa shape index (κ1) is 21.2. The van der Waals surface area contributed by atoms with Crippen LogP contribution in [-0.2, 0) is 11.5 Å². The van der Waals surface area contributed by atoms with Gasteiger partial charge >= 0.3 is 0 Å². The molecule has 1 aromatic carbocycles. The summed E-state index contributed by atoms with van der Waals surface area (Å²) in [6.45, 7) is 1.30. The fourth-order valence-electron chi connectivity index (χ4n) is 3.90. The summed E-state index contributed by atoms with van der Waals surface area (Å²) in [5, 5.41) is 4.85. The number of likely N-dealkylation sites (N-methyl/N-ethyl adjacent to an activating group) is 1. The van der Waals surface area contributed by atoms with Gasteiger partial charge in [0.25, 0.3) is 0 Å². The molecule has 3 heterocycles. The first-order valence-corrected chi connectivity index (χ1v) is 10.6. The lowest BCUT2D eigenvalue weighted by Crippen LogP contribution is -2.43. The Balaban J connectivity index is 1.75. The summed E-state index contributed by atoms with van der Waals surface area (Å²) in [7, 11) is 5.23. The molecule has 9 heteroatoms. The normalized spacial score (nSPS) is 16.4. The van der Waals surface area contributed by atoms with Crippen LogP contribution in [0.1, 0.15) is 12.8 Å². The highest BCUT2D eigenvalue weighted by Crippen LogP contribution is 2.25. The lowest BCUT2D eigenvalue weighted by atomic mass is 10.2. The lowest BCUT2D eigenvalue weighted by Gasteiger charge is -2.25. The van der Waals surface area contributed by atoms with Crippen molar-refractivity contribution in [2.24, 2.45) is 0 Å². The molecule has 3 aromatic rings. The largest absolute Gasteiger partial charge is 0.497 e. The van der Waals surface area contributed by atoms with Gasteiger partial charge < -0.3 is 9.64 Å². The van der Waals surface area contributed by atoms with Gasteiger partial charge in [0.05, 0.1) is 25.5 Å². The standard InChI is InChI=1S/C22H26N6O2S/c1-25(2)21(29)19-5-4-14-26(19)15-27-22(31)28(17-6-8-18(30-3)9-7-17)20(24-27)16-10-12-23-13-11-16/h6-13,19H,4-5,14-15H2,1-3H3/t19-/m0/s1. The first-order chi connectivity index (χ1) is 15.0. The van der Waals surface area contributed by atoms with E-state index in [1.54, 1.807) is 43.2 Å². The Kier molecular flexibility index (Phi) is 6.15. The van der Waals surface area contributed by atoms with Gasteiger partial charge in [0.2, 0.25) is 10.7 Å². The van der Waals surface area contributed by atoms with Crippen LogP contribution in [0.3, 0.4) is 0 Å². The van der Waals surface area contributed by atoms with Gasteiger partial charge in [-0.25, -0.2) is 4.68 Å². The second-order valence-electron chi connectivity index (χ2n) is 7.72. The fraction of sp³-hybridized carbons (Fsp3) is 0.364. The minimum atomic E-state index is -0.146. The minimum absolute atomic E-state index is 0.118. The highest BCUT2D eigenvalue weighted by Gasteiger charge is 2.32. The molecule has 162 valence electrons. The summed E-state index contributed by atoms with van der Waals surface area (Å²) >= 11 is 5.84. The molecular weight excluding hydrogens is 412 g/mol. The molecule has 1 amide bonds. The number of carbonyl (C=O) groups is 1. The number of carbonyl (C=O) groups excluding carboxylic acids is 1. The molecule has 8 nitrogen and oxygen atoms in total. The quantitative estimate of drug-likeness (QED) is 0.551. The number of pyridine rings is 1. The molecule has 2 aromatic heterocycles. The number of likely N-dealkylation sites (tertiary alicyclic amines) is 1. The van der Waals surface area contributed by atoms with Crippen LogP contribution in [0.4, 0.5) is 0 Å². The average molecular weight is 439 g/mol. The number of amides is 1. The Labute approximate surface area is 186 Å². The van der Waals surface area contributed by atoms with E-state index < -0.39 is 0 Å². The molecule has 1 saturated heterocycles. The molecule has 0 saturated carbocycles. The first-order valence-electron chi connectivity index (χ1n) is 10.2. The molecule has 0 spiro atoms. The second kappa shape index (κ2) is 8.99. The van der Waals surface area contributed by atoms with Crippen molar-refractivity contribution in [1.82, 2.24) is 29.1 Å². The van der Waals surface area contributed by atoms with Gasteiger partial charge in [-0.05, 0) is 61.5 Å². The summed E-state index contributed by atoms with van der Waals surface area (Å²) in [5.74, 6) is 1.62. The lowest BCUT2D eigenvalue weighted by molar-refractivity contribution is -0.134. The zero-order valence-electron chi connectivity index (χ0n) is 17.9. The monoisotopic (exact) mass is 438 g/mol. The van der Waals surface area contributed by atoms with Crippen molar-refractivity contribution in [2.45, 2.75) is 25.6 Å². The molecule has 0 N–H and O–H groups in total. The van der Waals surface area contributed by atoms with Crippen molar-refractivity contribution in [1.29, 1.82) is 0 Å². The van der Waals surface area contributed by atoms with Crippen LogP contribution >= 0.6 is 12.2 Å². The minimum Gasteiger partial charge on any atom is -0.497 e. The van der Waals surface area contributed by atoms with E-state index in [9.17, 15) is 4.79 Å². The number of ether oxygens (including phenoxy) is 1. The van der Waals surface area contributed by atoms with Crippen LogP contribution < -0.4 is 4.74 Å². The molecule has 4 rings (SSSR count). The van der Waals surface area contributed by atoms with E-state index in [1.165, 1.54) is 0 Å². The van der Waals surface area contributed by atoms with Gasteiger partial charge in [-0.3, -0.25) is 19.2 Å². The van der Waals surface area contributed by atoms with Crippen molar-refractivity contribution in [3.8, 4) is 22.8 Å². The Morgan fingerprint density at radius 3 is 2.55 bits per heavy atom. The van der Waals surface area contributed by atoms with Crippen molar-refractivity contribution < 1.29 is 9.53 Å². The second-order valence-corrected chi connectivity index (χ2v) is 8.08. The smallest absolute Gasteiger partial charge is 0.239 e. The fourth-order valence-corrected chi connectivity index (χ4v) is 4.19. The predicted octanol–water partition coefficient (Wildman–Crippen LogP) is 2.98. The average Bonchev–Trinajstić information content (AvgIpc) is 3.38. The van der Waals surface area contributed by atoms with E-state index in [4.69, 9.17) is 22.1 Å². The van der Waals surface area contributed by atoms with Crippen molar-refractivity contribution >= 4 is 18.1 Å². The Morgan fingerprint density at radius 1 is 1.19 bits per heavy atom. The summed E-state index contributed by atoms with van der Waals surface area (Å²) in [4.78, 5) is 20.5. The third-order valence-electron chi connectivity index (χ3n) is 5.51. The van der Waals surface area contributed by atoms with Crippen LogP contribution in [-0.4, -0.2) is 68.8 Å². The van der Waals surface area contributed by atoms with E-state index in [0.29, 0.717) is 11.4 Å². The maximum atomic E-state index is 12.6. The zero-order valence-corrected chi connectivity index (χ0v) is 18.7. The molecule has 0 radical (unpaired) electrons. The summed E-state index contributed by atoms with van der Waals surface area (Å²) in [6.07, 6.45) is 5.30. The maximum absolute atomic E-state index is 12.6. The number of nitrogens with zero attached hydrogens (tertiary/aromatic N) is 6. The molecule has 0 bridgehead atoms. The van der Waals surface area contributed by atoms with E-state index in [0.717, 1.165) is 42.2 Å². The van der Waals surface area contributed by atoms with Crippen LogP contribution in [0.15, 0.2) is 48.8 Å². The van der Waals surface area contributed by atoms with E-state index in [1.807, 2.05) is 41.0 Å². The summed E-state index contributed by atoms with van der Waals surface area (Å²) < 4.78 is 9.61. The summed E-state index contributed by atoms with van der Waals surface area (Å²) in [6, 6.07) is 11.4. The topological polar surface area (TPSA) is 68.4 Å². The third kappa shape index (κ3) is 4.24. The molecule has 1 aliphatic rings. The van der Waals surface area contributed by atoms with Crippen LogP contribution in [0.2, 0.25) is 0 Å². The van der Waals surface area contributed by atoms with Gasteiger partial charge in [-0.15, -0.1) is 5.10 Å². The number of hydrogen-bond acceptors (Lipinski definition) is 6. The van der Waals surface area contributed by atoms with Gasteiger partial charge in [-0.2, -0.15) is 0 Å². The van der Waals surface area contributed by atoms with Gasteiger partial charge in [0.15, 0.2) is 5.82 Å². The van der Waals surface area contributed by atoms with E-state index >= 15 is 0 Å². The molecule has 0 aliphatic carbocycles. The summed E-state index contributed by atoms with van der Waals surface area (Å²) in [5.41, 5.74) is 1.81. The van der Waals surface area contributed by atoms with E-state index in [2.05, 4.69) is 9.88 Å². The number of hydrogen-bond donors (Lipinski definition) is 0. The van der Waals surface area contributed by atoms with Crippen molar-refractivity contribution in [2.75, 3.05) is 27.7 Å². The number of rotatable bonds is 6. The third-order valence-corrected chi connectivity index (χ3v) is 5.91.